The van der Waals surface area contributed by atoms with E-state index in [1.54, 1.807) is 18.3 Å². The molecule has 0 saturated carbocycles. The lowest BCUT2D eigenvalue weighted by atomic mass is 10.2. The molecule has 1 heterocycles. The summed E-state index contributed by atoms with van der Waals surface area (Å²) in [6.07, 6.45) is 3.66. The summed E-state index contributed by atoms with van der Waals surface area (Å²) in [5.74, 6) is 0.542. The number of nitrogens with zero attached hydrogens (tertiary/aromatic N) is 2. The molecule has 3 aromatic rings. The van der Waals surface area contributed by atoms with E-state index in [0.29, 0.717) is 6.54 Å². The monoisotopic (exact) mass is 267 g/mol. The predicted molar refractivity (Wildman–Crippen MR) is 77.3 cm³/mol. The van der Waals surface area contributed by atoms with E-state index in [-0.39, 0.29) is 5.82 Å². The Balaban J connectivity index is 1.76. The van der Waals surface area contributed by atoms with Gasteiger partial charge in [0.2, 0.25) is 5.95 Å². The number of para-hydroxylation sites is 1. The van der Waals surface area contributed by atoms with Crippen LogP contribution in [0.4, 0.5) is 10.3 Å². The third-order valence-corrected chi connectivity index (χ3v) is 3.04. The van der Waals surface area contributed by atoms with Gasteiger partial charge >= 0.3 is 0 Å². The molecule has 0 atom stereocenters. The molecule has 0 aliphatic rings. The minimum Gasteiger partial charge on any atom is -0.351 e. The lowest BCUT2D eigenvalue weighted by Crippen LogP contribution is -2.06. The summed E-state index contributed by atoms with van der Waals surface area (Å²) in [5.41, 5.74) is 2.06. The number of imidazole rings is 1. The number of nitrogens with one attached hydrogen (secondary N) is 1. The van der Waals surface area contributed by atoms with Crippen molar-refractivity contribution in [3.05, 3.63) is 78.4 Å². The van der Waals surface area contributed by atoms with Crippen molar-refractivity contribution < 1.29 is 4.39 Å². The Kier molecular flexibility index (Phi) is 3.46. The summed E-state index contributed by atoms with van der Waals surface area (Å²) in [5, 5.41) is 3.26. The van der Waals surface area contributed by atoms with Crippen molar-refractivity contribution in [2.24, 2.45) is 0 Å². The number of benzene rings is 2. The molecule has 0 unspecified atom stereocenters. The van der Waals surface area contributed by atoms with Crippen molar-refractivity contribution in [3.63, 3.8) is 0 Å². The zero-order valence-corrected chi connectivity index (χ0v) is 10.8. The van der Waals surface area contributed by atoms with Gasteiger partial charge in [0, 0.05) is 24.6 Å². The Hall–Kier alpha value is -2.62. The second-order valence-electron chi connectivity index (χ2n) is 4.44. The molecule has 0 spiro atoms. The first-order valence-electron chi connectivity index (χ1n) is 6.40. The lowest BCUT2D eigenvalue weighted by Gasteiger charge is -2.09. The molecule has 0 bridgehead atoms. The van der Waals surface area contributed by atoms with Gasteiger partial charge < -0.3 is 5.32 Å². The summed E-state index contributed by atoms with van der Waals surface area (Å²) < 4.78 is 14.8. The van der Waals surface area contributed by atoms with Crippen LogP contribution in [0, 0.1) is 5.82 Å². The Morgan fingerprint density at radius 2 is 1.75 bits per heavy atom. The standard InChI is InChI=1S/C16H14FN3/c17-14-8-6-13(7-9-14)12-19-16-18-10-11-20(16)15-4-2-1-3-5-15/h1-11H,12H2,(H,18,19). The van der Waals surface area contributed by atoms with Crippen LogP contribution in [0.25, 0.3) is 5.69 Å². The van der Waals surface area contributed by atoms with Gasteiger partial charge in [-0.2, -0.15) is 0 Å². The Morgan fingerprint density at radius 1 is 1.00 bits per heavy atom. The van der Waals surface area contributed by atoms with E-state index in [1.165, 1.54) is 12.1 Å². The zero-order valence-electron chi connectivity index (χ0n) is 10.8. The maximum absolute atomic E-state index is 12.8. The minimum absolute atomic E-state index is 0.223. The van der Waals surface area contributed by atoms with Crippen LogP contribution in [0.2, 0.25) is 0 Å². The van der Waals surface area contributed by atoms with Gasteiger partial charge in [0.05, 0.1) is 0 Å². The van der Waals surface area contributed by atoms with Crippen LogP contribution >= 0.6 is 0 Å². The molecule has 3 nitrogen and oxygen atoms in total. The molecule has 3 rings (SSSR count). The number of rotatable bonds is 4. The first-order valence-corrected chi connectivity index (χ1v) is 6.40. The van der Waals surface area contributed by atoms with Crippen LogP contribution in [0.15, 0.2) is 67.0 Å². The molecule has 100 valence electrons. The maximum atomic E-state index is 12.8. The summed E-state index contributed by atoms with van der Waals surface area (Å²) in [6.45, 7) is 0.601. The molecular formula is C16H14FN3. The van der Waals surface area contributed by atoms with Crippen LogP contribution in [-0.4, -0.2) is 9.55 Å². The van der Waals surface area contributed by atoms with Crippen molar-refractivity contribution in [1.82, 2.24) is 9.55 Å². The highest BCUT2D eigenvalue weighted by Crippen LogP contribution is 2.14. The third kappa shape index (κ3) is 2.69. The van der Waals surface area contributed by atoms with Crippen molar-refractivity contribution in [2.45, 2.75) is 6.54 Å². The van der Waals surface area contributed by atoms with Gasteiger partial charge in [-0.25, -0.2) is 9.37 Å². The van der Waals surface area contributed by atoms with Gasteiger partial charge in [0.1, 0.15) is 5.82 Å². The van der Waals surface area contributed by atoms with Crippen molar-refractivity contribution in [1.29, 1.82) is 0 Å². The van der Waals surface area contributed by atoms with Crippen LogP contribution in [0.1, 0.15) is 5.56 Å². The van der Waals surface area contributed by atoms with Crippen LogP contribution in [0.5, 0.6) is 0 Å². The van der Waals surface area contributed by atoms with Gasteiger partial charge in [-0.3, -0.25) is 4.57 Å². The molecular weight excluding hydrogens is 253 g/mol. The summed E-state index contributed by atoms with van der Waals surface area (Å²) in [7, 11) is 0. The number of halogens is 1. The Bertz CT molecular complexity index is 674. The summed E-state index contributed by atoms with van der Waals surface area (Å²) in [6, 6.07) is 16.4. The van der Waals surface area contributed by atoms with E-state index in [1.807, 2.05) is 41.1 Å². The van der Waals surface area contributed by atoms with Crippen LogP contribution < -0.4 is 5.32 Å². The minimum atomic E-state index is -0.223. The first kappa shape index (κ1) is 12.4. The molecule has 0 radical (unpaired) electrons. The Morgan fingerprint density at radius 3 is 2.50 bits per heavy atom. The zero-order chi connectivity index (χ0) is 13.8. The summed E-state index contributed by atoms with van der Waals surface area (Å²) in [4.78, 5) is 4.30. The Labute approximate surface area is 116 Å². The molecule has 0 aliphatic heterocycles. The predicted octanol–water partition coefficient (Wildman–Crippen LogP) is 3.62. The quantitative estimate of drug-likeness (QED) is 0.782. The van der Waals surface area contributed by atoms with Crippen LogP contribution in [-0.2, 0) is 6.54 Å². The molecule has 1 N–H and O–H groups in total. The first-order chi connectivity index (χ1) is 9.83. The molecule has 1 aromatic heterocycles. The van der Waals surface area contributed by atoms with E-state index < -0.39 is 0 Å². The van der Waals surface area contributed by atoms with Crippen molar-refractivity contribution >= 4 is 5.95 Å². The van der Waals surface area contributed by atoms with Crippen LogP contribution in [0.3, 0.4) is 0 Å². The number of anilines is 1. The van der Waals surface area contributed by atoms with E-state index in [4.69, 9.17) is 0 Å². The fraction of sp³-hybridized carbons (Fsp3) is 0.0625. The highest BCUT2D eigenvalue weighted by molar-refractivity contribution is 5.41. The average molecular weight is 267 g/mol. The topological polar surface area (TPSA) is 29.9 Å². The molecule has 0 amide bonds. The van der Waals surface area contributed by atoms with Crippen molar-refractivity contribution in [2.75, 3.05) is 5.32 Å². The highest BCUT2D eigenvalue weighted by Gasteiger charge is 2.04. The SMILES string of the molecule is Fc1ccc(CNc2nccn2-c2ccccc2)cc1. The van der Waals surface area contributed by atoms with Crippen molar-refractivity contribution in [3.8, 4) is 5.69 Å². The van der Waals surface area contributed by atoms with E-state index >= 15 is 0 Å². The third-order valence-electron chi connectivity index (χ3n) is 3.04. The normalized spacial score (nSPS) is 10.4. The van der Waals surface area contributed by atoms with Gasteiger partial charge in [0.25, 0.3) is 0 Å². The number of hydrogen-bond donors (Lipinski definition) is 1. The second kappa shape index (κ2) is 5.57. The molecule has 0 saturated heterocycles. The molecule has 4 heteroatoms. The fourth-order valence-corrected chi connectivity index (χ4v) is 2.01. The highest BCUT2D eigenvalue weighted by atomic mass is 19.1. The van der Waals surface area contributed by atoms with E-state index in [2.05, 4.69) is 10.3 Å². The molecule has 0 aliphatic carbocycles. The molecule has 20 heavy (non-hydrogen) atoms. The van der Waals surface area contributed by atoms with Gasteiger partial charge in [-0.1, -0.05) is 30.3 Å². The molecule has 2 aromatic carbocycles. The van der Waals surface area contributed by atoms with Gasteiger partial charge in [-0.05, 0) is 29.8 Å². The van der Waals surface area contributed by atoms with Gasteiger partial charge in [0.15, 0.2) is 0 Å². The largest absolute Gasteiger partial charge is 0.351 e. The smallest absolute Gasteiger partial charge is 0.207 e. The number of aromatic nitrogens is 2. The van der Waals surface area contributed by atoms with Gasteiger partial charge in [-0.15, -0.1) is 0 Å². The van der Waals surface area contributed by atoms with E-state index in [9.17, 15) is 4.39 Å². The van der Waals surface area contributed by atoms with E-state index in [0.717, 1.165) is 17.2 Å². The fourth-order valence-electron chi connectivity index (χ4n) is 2.01. The molecule has 0 fully saturated rings. The lowest BCUT2D eigenvalue weighted by molar-refractivity contribution is 0.627. The number of hydrogen-bond acceptors (Lipinski definition) is 2. The maximum Gasteiger partial charge on any atom is 0.207 e. The second-order valence-corrected chi connectivity index (χ2v) is 4.44. The summed E-state index contributed by atoms with van der Waals surface area (Å²) >= 11 is 0. The average Bonchev–Trinajstić information content (AvgIpc) is 2.96.